The van der Waals surface area contributed by atoms with Gasteiger partial charge in [-0.2, -0.15) is 0 Å². The molecule has 1 aromatic rings. The molecule has 1 radical (unpaired) electrons. The summed E-state index contributed by atoms with van der Waals surface area (Å²) in [7, 11) is 1.41. The summed E-state index contributed by atoms with van der Waals surface area (Å²) in [5, 5.41) is 0. The van der Waals surface area contributed by atoms with E-state index in [1.165, 1.54) is 7.11 Å². The lowest BCUT2D eigenvalue weighted by Gasteiger charge is -2.22. The minimum Gasteiger partial charge on any atom is -0.469 e. The Labute approximate surface area is 90.7 Å². The fourth-order valence-electron chi connectivity index (χ4n) is 1.39. The summed E-state index contributed by atoms with van der Waals surface area (Å²) in [6.07, 6.45) is 0.420. The first kappa shape index (κ1) is 11.6. The van der Waals surface area contributed by atoms with E-state index in [9.17, 15) is 4.79 Å². The molecule has 0 spiro atoms. The van der Waals surface area contributed by atoms with Gasteiger partial charge in [-0.1, -0.05) is 12.1 Å². The Bertz CT molecular complexity index is 298. The minimum atomic E-state index is -0.170. The Morgan fingerprint density at radius 3 is 2.67 bits per heavy atom. The van der Waals surface area contributed by atoms with Crippen molar-refractivity contribution in [3.8, 4) is 0 Å². The van der Waals surface area contributed by atoms with Gasteiger partial charge < -0.3 is 9.64 Å². The van der Waals surface area contributed by atoms with Gasteiger partial charge in [-0.3, -0.25) is 4.79 Å². The predicted molar refractivity (Wildman–Crippen MR) is 59.8 cm³/mol. The van der Waals surface area contributed by atoms with Crippen molar-refractivity contribution in [1.29, 1.82) is 0 Å². The summed E-state index contributed by atoms with van der Waals surface area (Å²) < 4.78 is 4.61. The topological polar surface area (TPSA) is 29.5 Å². The summed E-state index contributed by atoms with van der Waals surface area (Å²) in [6, 6.07) is 10.7. The van der Waals surface area contributed by atoms with Gasteiger partial charge in [0, 0.05) is 18.8 Å². The molecule has 0 amide bonds. The molecule has 0 aliphatic carbocycles. The van der Waals surface area contributed by atoms with E-state index in [1.54, 1.807) is 0 Å². The van der Waals surface area contributed by atoms with Crippen LogP contribution in [0.5, 0.6) is 0 Å². The predicted octanol–water partition coefficient (Wildman–Crippen LogP) is 1.88. The Balaban J connectivity index is 2.53. The smallest absolute Gasteiger partial charge is 0.307 e. The van der Waals surface area contributed by atoms with Crippen molar-refractivity contribution in [3.63, 3.8) is 0 Å². The molecule has 0 atom stereocenters. The van der Waals surface area contributed by atoms with E-state index >= 15 is 0 Å². The second-order valence-corrected chi connectivity index (χ2v) is 3.16. The lowest BCUT2D eigenvalue weighted by Crippen LogP contribution is -2.25. The third-order valence-corrected chi connectivity index (χ3v) is 2.26. The summed E-state index contributed by atoms with van der Waals surface area (Å²) in [5.74, 6) is -0.170. The zero-order chi connectivity index (χ0) is 11.1. The van der Waals surface area contributed by atoms with Crippen LogP contribution >= 0.6 is 0 Å². The van der Waals surface area contributed by atoms with E-state index in [0.29, 0.717) is 13.0 Å². The van der Waals surface area contributed by atoms with Crippen LogP contribution in [0, 0.1) is 6.07 Å². The molecular formula is C12H16NO2. The van der Waals surface area contributed by atoms with E-state index in [-0.39, 0.29) is 5.97 Å². The molecule has 0 heterocycles. The Kier molecular flexibility index (Phi) is 4.68. The normalized spacial score (nSPS) is 9.73. The molecule has 0 aliphatic rings. The van der Waals surface area contributed by atoms with Gasteiger partial charge in [0.15, 0.2) is 0 Å². The van der Waals surface area contributed by atoms with E-state index in [2.05, 4.69) is 22.6 Å². The molecule has 0 aliphatic heterocycles. The molecule has 0 saturated carbocycles. The summed E-state index contributed by atoms with van der Waals surface area (Å²) >= 11 is 0. The molecule has 0 bridgehead atoms. The first-order valence-corrected chi connectivity index (χ1v) is 5.05. The molecule has 81 valence electrons. The molecule has 0 fully saturated rings. The number of esters is 1. The molecule has 1 rings (SSSR count). The molecule has 3 nitrogen and oxygen atoms in total. The maximum atomic E-state index is 11.0. The number of benzene rings is 1. The highest BCUT2D eigenvalue weighted by Gasteiger charge is 2.06. The van der Waals surface area contributed by atoms with Crippen LogP contribution in [0.4, 0.5) is 5.69 Å². The minimum absolute atomic E-state index is 0.170. The number of hydrogen-bond donors (Lipinski definition) is 0. The number of ether oxygens (including phenoxy) is 1. The van der Waals surface area contributed by atoms with E-state index in [0.717, 1.165) is 12.2 Å². The first-order chi connectivity index (χ1) is 7.27. The monoisotopic (exact) mass is 206 g/mol. The fourth-order valence-corrected chi connectivity index (χ4v) is 1.39. The second kappa shape index (κ2) is 6.06. The zero-order valence-corrected chi connectivity index (χ0v) is 9.19. The van der Waals surface area contributed by atoms with Crippen molar-refractivity contribution in [2.75, 3.05) is 25.1 Å². The van der Waals surface area contributed by atoms with Crippen LogP contribution < -0.4 is 4.90 Å². The molecule has 3 heteroatoms. The van der Waals surface area contributed by atoms with Crippen LogP contribution in [0.15, 0.2) is 24.3 Å². The van der Waals surface area contributed by atoms with Crippen molar-refractivity contribution in [3.05, 3.63) is 30.3 Å². The van der Waals surface area contributed by atoms with Gasteiger partial charge >= 0.3 is 5.97 Å². The molecule has 0 aromatic heterocycles. The quantitative estimate of drug-likeness (QED) is 0.689. The first-order valence-electron chi connectivity index (χ1n) is 5.05. The van der Waals surface area contributed by atoms with Crippen LogP contribution in [-0.2, 0) is 9.53 Å². The van der Waals surface area contributed by atoms with Crippen molar-refractivity contribution >= 4 is 11.7 Å². The molecule has 15 heavy (non-hydrogen) atoms. The van der Waals surface area contributed by atoms with Gasteiger partial charge in [-0.05, 0) is 25.1 Å². The Hall–Kier alpha value is -1.51. The number of nitrogens with zero attached hydrogens (tertiary/aromatic N) is 1. The lowest BCUT2D eigenvalue weighted by molar-refractivity contribution is -0.140. The molecule has 0 saturated heterocycles. The Morgan fingerprint density at radius 1 is 1.47 bits per heavy atom. The van der Waals surface area contributed by atoms with Crippen LogP contribution in [0.1, 0.15) is 13.3 Å². The summed E-state index contributed by atoms with van der Waals surface area (Å²) in [6.45, 7) is 3.63. The van der Waals surface area contributed by atoms with Crippen LogP contribution in [0.2, 0.25) is 0 Å². The molecule has 0 N–H and O–H groups in total. The van der Waals surface area contributed by atoms with Crippen LogP contribution in [0.3, 0.4) is 0 Å². The van der Waals surface area contributed by atoms with Crippen molar-refractivity contribution in [2.24, 2.45) is 0 Å². The lowest BCUT2D eigenvalue weighted by atomic mass is 10.2. The highest BCUT2D eigenvalue weighted by molar-refractivity contribution is 5.70. The zero-order valence-electron chi connectivity index (χ0n) is 9.19. The fraction of sp³-hybridized carbons (Fsp3) is 0.417. The third kappa shape index (κ3) is 3.62. The summed E-state index contributed by atoms with van der Waals surface area (Å²) in [5.41, 5.74) is 1.11. The Morgan fingerprint density at radius 2 is 2.13 bits per heavy atom. The highest BCUT2D eigenvalue weighted by atomic mass is 16.5. The van der Waals surface area contributed by atoms with Crippen molar-refractivity contribution in [2.45, 2.75) is 13.3 Å². The van der Waals surface area contributed by atoms with E-state index < -0.39 is 0 Å². The maximum absolute atomic E-state index is 11.0. The van der Waals surface area contributed by atoms with Crippen molar-refractivity contribution < 1.29 is 9.53 Å². The van der Waals surface area contributed by atoms with Gasteiger partial charge in [0.2, 0.25) is 0 Å². The SMILES string of the molecule is CCN(CCC(=O)OC)c1cc[c]cc1. The number of methoxy groups -OCH3 is 1. The standard InChI is InChI=1S/C12H16NO2/c1-3-13(10-9-12(14)15-2)11-7-5-4-6-8-11/h5-8H,3,9-10H2,1-2H3. The van der Waals surface area contributed by atoms with Gasteiger partial charge in [0.05, 0.1) is 13.5 Å². The number of carbonyl (C=O) groups is 1. The molecule has 1 aromatic carbocycles. The van der Waals surface area contributed by atoms with Crippen molar-refractivity contribution in [1.82, 2.24) is 0 Å². The van der Waals surface area contributed by atoms with Crippen LogP contribution in [0.25, 0.3) is 0 Å². The maximum Gasteiger partial charge on any atom is 0.307 e. The number of carbonyl (C=O) groups excluding carboxylic acids is 1. The number of hydrogen-bond acceptors (Lipinski definition) is 3. The van der Waals surface area contributed by atoms with Gasteiger partial charge in [0.25, 0.3) is 0 Å². The average molecular weight is 206 g/mol. The number of rotatable bonds is 5. The number of anilines is 1. The summed E-state index contributed by atoms with van der Waals surface area (Å²) in [4.78, 5) is 13.1. The van der Waals surface area contributed by atoms with E-state index in [1.807, 2.05) is 24.3 Å². The highest BCUT2D eigenvalue weighted by Crippen LogP contribution is 2.12. The average Bonchev–Trinajstić information content (AvgIpc) is 2.31. The van der Waals surface area contributed by atoms with Gasteiger partial charge in [0.1, 0.15) is 0 Å². The van der Waals surface area contributed by atoms with Crippen LogP contribution in [-0.4, -0.2) is 26.2 Å². The largest absolute Gasteiger partial charge is 0.469 e. The van der Waals surface area contributed by atoms with E-state index in [4.69, 9.17) is 0 Å². The second-order valence-electron chi connectivity index (χ2n) is 3.16. The molecule has 0 unspecified atom stereocenters. The third-order valence-electron chi connectivity index (χ3n) is 2.26. The molecular weight excluding hydrogens is 190 g/mol. The van der Waals surface area contributed by atoms with Gasteiger partial charge in [-0.15, -0.1) is 0 Å². The van der Waals surface area contributed by atoms with Gasteiger partial charge in [-0.25, -0.2) is 0 Å².